The second-order valence-corrected chi connectivity index (χ2v) is 9.17. The number of hydrogen-bond acceptors (Lipinski definition) is 6. The minimum Gasteiger partial charge on any atom is -0.493 e. The van der Waals surface area contributed by atoms with Crippen molar-refractivity contribution in [3.63, 3.8) is 0 Å². The lowest BCUT2D eigenvalue weighted by atomic mass is 10.00. The Hall–Kier alpha value is -2.87. The van der Waals surface area contributed by atoms with Crippen LogP contribution in [0.25, 0.3) is 10.9 Å². The van der Waals surface area contributed by atoms with E-state index in [-0.39, 0.29) is 18.0 Å². The van der Waals surface area contributed by atoms with Crippen LogP contribution in [-0.2, 0) is 19.4 Å². The van der Waals surface area contributed by atoms with Crippen molar-refractivity contribution >= 4 is 28.1 Å². The van der Waals surface area contributed by atoms with Gasteiger partial charge in [0.2, 0.25) is 0 Å². The molecule has 1 aliphatic carbocycles. The molecule has 0 atom stereocenters. The number of aromatic nitrogens is 2. The van der Waals surface area contributed by atoms with E-state index in [0.717, 1.165) is 17.7 Å². The van der Waals surface area contributed by atoms with Gasteiger partial charge in [-0.1, -0.05) is 12.8 Å². The van der Waals surface area contributed by atoms with Crippen LogP contribution in [0.3, 0.4) is 0 Å². The molecule has 0 saturated carbocycles. The summed E-state index contributed by atoms with van der Waals surface area (Å²) >= 11 is 1.62. The number of H-pyrrole nitrogens is 1. The molecule has 0 radical (unpaired) electrons. The van der Waals surface area contributed by atoms with E-state index in [4.69, 9.17) is 9.47 Å². The van der Waals surface area contributed by atoms with Crippen molar-refractivity contribution in [3.05, 3.63) is 49.7 Å². The molecule has 1 amide bonds. The van der Waals surface area contributed by atoms with Gasteiger partial charge in [-0.25, -0.2) is 4.98 Å². The van der Waals surface area contributed by atoms with Gasteiger partial charge in [0.15, 0.2) is 11.5 Å². The molecule has 4 rings (SSSR count). The van der Waals surface area contributed by atoms with E-state index in [1.165, 1.54) is 43.2 Å². The summed E-state index contributed by atoms with van der Waals surface area (Å²) in [6.45, 7) is 2.70. The Labute approximate surface area is 191 Å². The van der Waals surface area contributed by atoms with E-state index in [1.54, 1.807) is 35.5 Å². The lowest BCUT2D eigenvalue weighted by Crippen LogP contribution is -2.31. The number of fused-ring (bicyclic) bond motifs is 2. The van der Waals surface area contributed by atoms with Crippen molar-refractivity contribution in [3.8, 4) is 11.5 Å². The molecule has 32 heavy (non-hydrogen) atoms. The molecule has 1 aromatic carbocycles. The molecule has 0 aliphatic heterocycles. The first kappa shape index (κ1) is 22.3. The van der Waals surface area contributed by atoms with Gasteiger partial charge in [0.1, 0.15) is 5.82 Å². The summed E-state index contributed by atoms with van der Waals surface area (Å²) in [4.78, 5) is 37.2. The summed E-state index contributed by atoms with van der Waals surface area (Å²) in [6, 6.07) is 5.38. The van der Waals surface area contributed by atoms with Crippen LogP contribution in [0.5, 0.6) is 11.5 Å². The lowest BCUT2D eigenvalue weighted by molar-refractivity contribution is 0.0753. The smallest absolute Gasteiger partial charge is 0.264 e. The highest BCUT2D eigenvalue weighted by Gasteiger charge is 2.21. The van der Waals surface area contributed by atoms with Crippen LogP contribution >= 0.6 is 11.3 Å². The molecule has 8 heteroatoms. The van der Waals surface area contributed by atoms with Crippen molar-refractivity contribution in [2.24, 2.45) is 0 Å². The number of rotatable bonds is 6. The lowest BCUT2D eigenvalue weighted by Gasteiger charge is -2.19. The summed E-state index contributed by atoms with van der Waals surface area (Å²) in [5.74, 6) is 1.40. The van der Waals surface area contributed by atoms with Crippen LogP contribution in [0.2, 0.25) is 0 Å². The molecule has 1 aliphatic rings. The first-order valence-electron chi connectivity index (χ1n) is 11.1. The summed E-state index contributed by atoms with van der Waals surface area (Å²) in [6.07, 6.45) is 7.01. The van der Waals surface area contributed by atoms with Gasteiger partial charge in [-0.2, -0.15) is 0 Å². The van der Waals surface area contributed by atoms with E-state index < -0.39 is 0 Å². The first-order valence-corrected chi connectivity index (χ1v) is 11.9. The van der Waals surface area contributed by atoms with Gasteiger partial charge in [0, 0.05) is 17.5 Å². The number of carbonyl (C=O) groups is 1. The van der Waals surface area contributed by atoms with Gasteiger partial charge in [-0.05, 0) is 50.3 Å². The summed E-state index contributed by atoms with van der Waals surface area (Å²) in [7, 11) is 3.07. The molecule has 0 unspecified atom stereocenters. The van der Waals surface area contributed by atoms with Crippen LogP contribution in [0.15, 0.2) is 23.0 Å². The Balaban J connectivity index is 1.61. The molecule has 7 nitrogen and oxygen atoms in total. The summed E-state index contributed by atoms with van der Waals surface area (Å²) < 4.78 is 10.6. The van der Waals surface area contributed by atoms with Crippen LogP contribution in [0, 0.1) is 0 Å². The molecule has 3 aromatic rings. The number of aryl methyl sites for hydroxylation is 2. The second kappa shape index (κ2) is 9.73. The Morgan fingerprint density at radius 1 is 1.09 bits per heavy atom. The Bertz CT molecular complexity index is 1160. The number of methoxy groups -OCH3 is 2. The SMILES string of the molecule is CCN(Cc1nc2cc(OC)c(OC)cc2c(=O)[nH]1)C(=O)c1cc2c(s1)CCCCCC2. The number of nitrogens with zero attached hydrogens (tertiary/aromatic N) is 2. The Kier molecular flexibility index (Phi) is 6.79. The number of carbonyl (C=O) groups excluding carboxylic acids is 1. The zero-order valence-corrected chi connectivity index (χ0v) is 19.6. The number of benzene rings is 1. The second-order valence-electron chi connectivity index (χ2n) is 8.03. The highest BCUT2D eigenvalue weighted by molar-refractivity contribution is 7.14. The van der Waals surface area contributed by atoms with Crippen molar-refractivity contribution in [2.45, 2.75) is 52.0 Å². The molecular weight excluding hydrogens is 426 g/mol. The van der Waals surface area contributed by atoms with Crippen molar-refractivity contribution in [1.29, 1.82) is 0 Å². The molecule has 1 N–H and O–H groups in total. The molecule has 2 aromatic heterocycles. The van der Waals surface area contributed by atoms with Crippen molar-refractivity contribution < 1.29 is 14.3 Å². The van der Waals surface area contributed by atoms with E-state index >= 15 is 0 Å². The van der Waals surface area contributed by atoms with E-state index in [0.29, 0.717) is 34.8 Å². The Morgan fingerprint density at radius 3 is 2.53 bits per heavy atom. The zero-order chi connectivity index (χ0) is 22.7. The van der Waals surface area contributed by atoms with E-state index in [2.05, 4.69) is 16.0 Å². The average molecular weight is 456 g/mol. The maximum Gasteiger partial charge on any atom is 0.264 e. The fourth-order valence-corrected chi connectivity index (χ4v) is 5.42. The highest BCUT2D eigenvalue weighted by atomic mass is 32.1. The van der Waals surface area contributed by atoms with Crippen molar-refractivity contribution in [1.82, 2.24) is 14.9 Å². The monoisotopic (exact) mass is 455 g/mol. The number of nitrogens with one attached hydrogen (secondary N) is 1. The third-order valence-electron chi connectivity index (χ3n) is 5.98. The predicted molar refractivity (Wildman–Crippen MR) is 126 cm³/mol. The molecule has 2 heterocycles. The van der Waals surface area contributed by atoms with Gasteiger partial charge in [-0.15, -0.1) is 11.3 Å². The maximum atomic E-state index is 13.3. The number of hydrogen-bond donors (Lipinski definition) is 1. The van der Waals surface area contributed by atoms with Crippen LogP contribution in [0.4, 0.5) is 0 Å². The fourth-order valence-electron chi connectivity index (χ4n) is 4.20. The summed E-state index contributed by atoms with van der Waals surface area (Å²) in [5.41, 5.74) is 1.56. The summed E-state index contributed by atoms with van der Waals surface area (Å²) in [5, 5.41) is 0.416. The minimum absolute atomic E-state index is 0.0145. The number of aromatic amines is 1. The van der Waals surface area contributed by atoms with Crippen molar-refractivity contribution in [2.75, 3.05) is 20.8 Å². The minimum atomic E-state index is -0.270. The predicted octanol–water partition coefficient (Wildman–Crippen LogP) is 4.32. The molecule has 0 bridgehead atoms. The quantitative estimate of drug-likeness (QED) is 0.598. The third-order valence-corrected chi connectivity index (χ3v) is 7.20. The zero-order valence-electron chi connectivity index (χ0n) is 18.8. The van der Waals surface area contributed by atoms with Gasteiger partial charge < -0.3 is 19.4 Å². The van der Waals surface area contributed by atoms with Gasteiger partial charge in [-0.3, -0.25) is 9.59 Å². The molecule has 170 valence electrons. The van der Waals surface area contributed by atoms with Crippen LogP contribution in [0.1, 0.15) is 58.5 Å². The Morgan fingerprint density at radius 2 is 1.81 bits per heavy atom. The van der Waals surface area contributed by atoms with Gasteiger partial charge in [0.25, 0.3) is 11.5 Å². The maximum absolute atomic E-state index is 13.3. The normalized spacial score (nSPS) is 13.8. The molecule has 0 spiro atoms. The third kappa shape index (κ3) is 4.50. The first-order chi connectivity index (χ1) is 15.5. The topological polar surface area (TPSA) is 84.5 Å². The standard InChI is InChI=1S/C24H29N3O4S/c1-4-27(24(29)21-11-15-9-7-5-6-8-10-20(15)32-21)14-22-25-17-13-19(31-3)18(30-2)12-16(17)23(28)26-22/h11-13H,4-10,14H2,1-3H3,(H,25,26,28). The molecular formula is C24H29N3O4S. The highest BCUT2D eigenvalue weighted by Crippen LogP contribution is 2.31. The van der Waals surface area contributed by atoms with E-state index in [9.17, 15) is 9.59 Å². The van der Waals surface area contributed by atoms with Gasteiger partial charge >= 0.3 is 0 Å². The van der Waals surface area contributed by atoms with Crippen LogP contribution < -0.4 is 15.0 Å². The number of thiophene rings is 1. The number of ether oxygens (including phenoxy) is 2. The van der Waals surface area contributed by atoms with E-state index in [1.807, 2.05) is 6.92 Å². The van der Waals surface area contributed by atoms with Gasteiger partial charge in [0.05, 0.1) is 36.5 Å². The number of amides is 1. The molecule has 0 saturated heterocycles. The average Bonchev–Trinajstić information content (AvgIpc) is 3.17. The molecule has 0 fully saturated rings. The largest absolute Gasteiger partial charge is 0.493 e. The van der Waals surface area contributed by atoms with Crippen LogP contribution in [-0.4, -0.2) is 41.5 Å². The fraction of sp³-hybridized carbons (Fsp3) is 0.458.